The molecular weight excluding hydrogens is 321 g/mol. The van der Waals surface area contributed by atoms with Crippen LogP contribution < -0.4 is 0 Å². The Morgan fingerprint density at radius 1 is 1.21 bits per heavy atom. The number of halogens is 2. The van der Waals surface area contributed by atoms with E-state index in [0.717, 1.165) is 28.7 Å². The van der Waals surface area contributed by atoms with Crippen LogP contribution in [0.4, 0.5) is 0 Å². The second-order valence-corrected chi connectivity index (χ2v) is 6.93. The van der Waals surface area contributed by atoms with Crippen molar-refractivity contribution in [3.63, 3.8) is 0 Å². The molecule has 0 radical (unpaired) electrons. The minimum Gasteiger partial charge on any atom is -0.505 e. The maximum absolute atomic E-state index is 9.51. The van der Waals surface area contributed by atoms with E-state index >= 15 is 0 Å². The molecule has 6 heteroatoms. The van der Waals surface area contributed by atoms with Crippen molar-refractivity contribution in [2.45, 2.75) is 25.0 Å². The fraction of sp³-hybridized carbons (Fsp3) is 0.462. The fourth-order valence-electron chi connectivity index (χ4n) is 2.01. The first kappa shape index (κ1) is 15.2. The summed E-state index contributed by atoms with van der Waals surface area (Å²) in [6.07, 6.45) is 3.74. The molecule has 2 rings (SSSR count). The normalized spacial score (nSPS) is 15.6. The van der Waals surface area contributed by atoms with Gasteiger partial charge in [0.25, 0.3) is 0 Å². The van der Waals surface area contributed by atoms with Crippen LogP contribution in [-0.2, 0) is 5.75 Å². The molecule has 1 aliphatic heterocycles. The Kier molecular flexibility index (Phi) is 5.63. The predicted molar refractivity (Wildman–Crippen MR) is 87.4 cm³/mol. The van der Waals surface area contributed by atoms with Gasteiger partial charge in [-0.05, 0) is 37.0 Å². The molecule has 2 nitrogen and oxygen atoms in total. The molecule has 1 heterocycles. The van der Waals surface area contributed by atoms with Crippen molar-refractivity contribution in [2.24, 2.45) is 0 Å². The first-order chi connectivity index (χ1) is 9.08. The van der Waals surface area contributed by atoms with Crippen molar-refractivity contribution in [2.75, 3.05) is 13.1 Å². The summed E-state index contributed by atoms with van der Waals surface area (Å²) in [5.74, 6) is 0.658. The van der Waals surface area contributed by atoms with E-state index in [0.29, 0.717) is 0 Å². The topological polar surface area (TPSA) is 23.5 Å². The van der Waals surface area contributed by atoms with E-state index in [9.17, 15) is 5.11 Å². The molecule has 1 fully saturated rings. The second-order valence-electron chi connectivity index (χ2n) is 4.51. The van der Waals surface area contributed by atoms with Gasteiger partial charge < -0.3 is 10.0 Å². The van der Waals surface area contributed by atoms with Crippen LogP contribution in [0.5, 0.6) is 5.75 Å². The molecule has 1 saturated heterocycles. The molecule has 0 spiro atoms. The summed E-state index contributed by atoms with van der Waals surface area (Å²) in [5, 5.41) is 10.1. The van der Waals surface area contributed by atoms with Crippen molar-refractivity contribution in [1.82, 2.24) is 4.90 Å². The minimum atomic E-state index is -0.0595. The number of hydrogen-bond donors (Lipinski definition) is 1. The van der Waals surface area contributed by atoms with Crippen LogP contribution in [-0.4, -0.2) is 27.4 Å². The summed E-state index contributed by atoms with van der Waals surface area (Å²) in [4.78, 5) is 2.26. The fourth-order valence-corrected chi connectivity index (χ4v) is 3.73. The summed E-state index contributed by atoms with van der Waals surface area (Å²) >= 11 is 18.8. The highest BCUT2D eigenvalue weighted by Gasteiger charge is 2.14. The van der Waals surface area contributed by atoms with Crippen molar-refractivity contribution >= 4 is 51.5 Å². The van der Waals surface area contributed by atoms with Gasteiger partial charge in [0.1, 0.15) is 4.32 Å². The van der Waals surface area contributed by atoms with Crippen LogP contribution in [0.1, 0.15) is 24.8 Å². The number of likely N-dealkylation sites (tertiary alicyclic amines) is 1. The molecule has 0 saturated carbocycles. The van der Waals surface area contributed by atoms with Crippen molar-refractivity contribution in [3.8, 4) is 5.75 Å². The molecule has 0 aliphatic carbocycles. The third-order valence-corrected chi connectivity index (χ3v) is 5.22. The average Bonchev–Trinajstić information content (AvgIpc) is 2.43. The Bertz CT molecular complexity index is 453. The van der Waals surface area contributed by atoms with Gasteiger partial charge in [0.15, 0.2) is 5.75 Å². The van der Waals surface area contributed by atoms with Crippen LogP contribution in [0.25, 0.3) is 0 Å². The van der Waals surface area contributed by atoms with Gasteiger partial charge in [-0.25, -0.2) is 0 Å². The molecule has 1 aromatic carbocycles. The van der Waals surface area contributed by atoms with Crippen LogP contribution in [0, 0.1) is 0 Å². The number of hydrogen-bond acceptors (Lipinski definition) is 3. The van der Waals surface area contributed by atoms with Crippen molar-refractivity contribution < 1.29 is 5.11 Å². The van der Waals surface area contributed by atoms with E-state index in [1.807, 2.05) is 0 Å². The smallest absolute Gasteiger partial charge is 0.152 e. The lowest BCUT2D eigenvalue weighted by Gasteiger charge is -2.28. The van der Waals surface area contributed by atoms with Gasteiger partial charge in [-0.15, -0.1) is 0 Å². The number of rotatable bonds is 2. The Balaban J connectivity index is 1.93. The number of thiocarbonyl (C=S) groups is 1. The number of aromatic hydroxyl groups is 1. The van der Waals surface area contributed by atoms with Gasteiger partial charge in [-0.1, -0.05) is 47.2 Å². The zero-order valence-electron chi connectivity index (χ0n) is 10.4. The van der Waals surface area contributed by atoms with Crippen LogP contribution >= 0.6 is 47.2 Å². The van der Waals surface area contributed by atoms with E-state index in [1.54, 1.807) is 23.9 Å². The third-order valence-electron chi connectivity index (χ3n) is 3.05. The SMILES string of the molecule is Oc1c(Cl)cc(CSC(=S)N2CCCCC2)cc1Cl. The second kappa shape index (κ2) is 7.02. The highest BCUT2D eigenvalue weighted by atomic mass is 35.5. The van der Waals surface area contributed by atoms with Gasteiger partial charge in [-0.3, -0.25) is 0 Å². The molecule has 1 aliphatic rings. The molecule has 0 amide bonds. The maximum Gasteiger partial charge on any atom is 0.152 e. The van der Waals surface area contributed by atoms with Crippen molar-refractivity contribution in [1.29, 1.82) is 0 Å². The molecule has 19 heavy (non-hydrogen) atoms. The van der Waals surface area contributed by atoms with Gasteiger partial charge in [0, 0.05) is 18.8 Å². The molecular formula is C13H15Cl2NOS2. The van der Waals surface area contributed by atoms with E-state index in [2.05, 4.69) is 4.90 Å². The van der Waals surface area contributed by atoms with E-state index < -0.39 is 0 Å². The molecule has 0 unspecified atom stereocenters. The number of thioether (sulfide) groups is 1. The molecule has 0 bridgehead atoms. The van der Waals surface area contributed by atoms with E-state index in [1.165, 1.54) is 19.3 Å². The summed E-state index contributed by atoms with van der Waals surface area (Å²) in [7, 11) is 0. The van der Waals surface area contributed by atoms with Crippen LogP contribution in [0.15, 0.2) is 12.1 Å². The molecule has 104 valence electrons. The molecule has 1 aromatic rings. The summed E-state index contributed by atoms with van der Waals surface area (Å²) in [6.45, 7) is 2.12. The van der Waals surface area contributed by atoms with Gasteiger partial charge in [0.05, 0.1) is 10.0 Å². The zero-order valence-corrected chi connectivity index (χ0v) is 13.5. The number of piperidine rings is 1. The Morgan fingerprint density at radius 2 is 1.79 bits per heavy atom. The quantitative estimate of drug-likeness (QED) is 0.791. The van der Waals surface area contributed by atoms with Crippen molar-refractivity contribution in [3.05, 3.63) is 27.7 Å². The minimum absolute atomic E-state index is 0.0595. The first-order valence-electron chi connectivity index (χ1n) is 6.16. The number of benzene rings is 1. The Hall–Kier alpha value is -0.160. The lowest BCUT2D eigenvalue weighted by molar-refractivity contribution is 0.352. The van der Waals surface area contributed by atoms with Gasteiger partial charge in [0.2, 0.25) is 0 Å². The molecule has 1 N–H and O–H groups in total. The lowest BCUT2D eigenvalue weighted by atomic mass is 10.1. The Labute approximate surface area is 133 Å². The standard InChI is InChI=1S/C13H15Cl2NOS2/c14-10-6-9(7-11(15)12(10)17)8-19-13(18)16-4-2-1-3-5-16/h6-7,17H,1-5,8H2. The maximum atomic E-state index is 9.51. The first-order valence-corrected chi connectivity index (χ1v) is 8.31. The Morgan fingerprint density at radius 3 is 2.37 bits per heavy atom. The average molecular weight is 336 g/mol. The molecule has 0 aromatic heterocycles. The molecule has 0 atom stereocenters. The highest BCUT2D eigenvalue weighted by Crippen LogP contribution is 2.34. The number of nitrogens with zero attached hydrogens (tertiary/aromatic N) is 1. The summed E-state index contributed by atoms with van der Waals surface area (Å²) < 4.78 is 0.931. The monoisotopic (exact) mass is 335 g/mol. The zero-order chi connectivity index (χ0) is 13.8. The largest absolute Gasteiger partial charge is 0.505 e. The summed E-state index contributed by atoms with van der Waals surface area (Å²) in [6, 6.07) is 3.46. The predicted octanol–water partition coefficient (Wildman–Crippen LogP) is 4.70. The van der Waals surface area contributed by atoms with Gasteiger partial charge >= 0.3 is 0 Å². The number of phenolic OH excluding ortho intramolecular Hbond substituents is 1. The van der Waals surface area contributed by atoms with E-state index in [4.69, 9.17) is 35.4 Å². The van der Waals surface area contributed by atoms with Crippen LogP contribution in [0.3, 0.4) is 0 Å². The van der Waals surface area contributed by atoms with Crippen LogP contribution in [0.2, 0.25) is 10.0 Å². The lowest BCUT2D eigenvalue weighted by Crippen LogP contribution is -2.32. The van der Waals surface area contributed by atoms with E-state index in [-0.39, 0.29) is 15.8 Å². The third kappa shape index (κ3) is 4.15. The number of phenols is 1. The highest BCUT2D eigenvalue weighted by molar-refractivity contribution is 8.22. The summed E-state index contributed by atoms with van der Waals surface area (Å²) in [5.41, 5.74) is 0.970. The van der Waals surface area contributed by atoms with Gasteiger partial charge in [-0.2, -0.15) is 0 Å².